The van der Waals surface area contributed by atoms with E-state index in [1.807, 2.05) is 6.07 Å². The van der Waals surface area contributed by atoms with Crippen LogP contribution in [0.3, 0.4) is 0 Å². The van der Waals surface area contributed by atoms with E-state index < -0.39 is 0 Å². The van der Waals surface area contributed by atoms with E-state index in [0.717, 1.165) is 42.7 Å². The van der Waals surface area contributed by atoms with E-state index in [9.17, 15) is 0 Å². The summed E-state index contributed by atoms with van der Waals surface area (Å²) in [7, 11) is 2.10. The molecular weight excluding hydrogens is 383 g/mol. The van der Waals surface area contributed by atoms with E-state index in [-0.39, 0.29) is 5.82 Å². The SMILES string of the molecule is CCC(N)C1CCC(c2ccc(C3CCC(C4CCC(NC)CC4)CC3)c(F)c2)CC1. The molecule has 0 radical (unpaired) electrons. The molecule has 0 amide bonds. The lowest BCUT2D eigenvalue weighted by Crippen LogP contribution is -2.33. The van der Waals surface area contributed by atoms with Crippen LogP contribution in [0.15, 0.2) is 18.2 Å². The standard InChI is InChI=1S/C28H45FN2/c1-3-28(30)23-10-6-21(7-11-23)24-14-17-26(27(29)18-24)22-8-4-19(5-9-22)20-12-15-25(31-2)16-13-20/h14,17-23,25,28,31H,3-13,15-16,30H2,1-2H3. The zero-order chi connectivity index (χ0) is 21.8. The van der Waals surface area contributed by atoms with Crippen molar-refractivity contribution in [2.24, 2.45) is 23.5 Å². The summed E-state index contributed by atoms with van der Waals surface area (Å²) >= 11 is 0. The van der Waals surface area contributed by atoms with Crippen LogP contribution >= 0.6 is 0 Å². The lowest BCUT2D eigenvalue weighted by atomic mass is 9.69. The first kappa shape index (κ1) is 23.2. The second kappa shape index (κ2) is 10.8. The molecule has 31 heavy (non-hydrogen) atoms. The van der Waals surface area contributed by atoms with Crippen LogP contribution in [0, 0.1) is 23.6 Å². The Bertz CT molecular complexity index is 680. The normalized spacial score (nSPS) is 35.6. The molecule has 3 saturated carbocycles. The third-order valence-electron chi connectivity index (χ3n) is 9.40. The molecule has 0 bridgehead atoms. The fourth-order valence-corrected chi connectivity index (χ4v) is 7.12. The van der Waals surface area contributed by atoms with Gasteiger partial charge in [0.1, 0.15) is 5.82 Å². The van der Waals surface area contributed by atoms with Crippen LogP contribution in [0.1, 0.15) is 113 Å². The minimum atomic E-state index is 0.0582. The monoisotopic (exact) mass is 428 g/mol. The predicted molar refractivity (Wildman–Crippen MR) is 129 cm³/mol. The number of halogens is 1. The van der Waals surface area contributed by atoms with Gasteiger partial charge in [0.2, 0.25) is 0 Å². The zero-order valence-electron chi connectivity index (χ0n) is 19.9. The molecule has 174 valence electrons. The molecule has 1 atom stereocenters. The Balaban J connectivity index is 1.29. The first-order valence-electron chi connectivity index (χ1n) is 13.3. The van der Waals surface area contributed by atoms with Crippen LogP contribution in [0.5, 0.6) is 0 Å². The van der Waals surface area contributed by atoms with Crippen molar-refractivity contribution in [1.82, 2.24) is 5.32 Å². The first-order chi connectivity index (χ1) is 15.1. The smallest absolute Gasteiger partial charge is 0.126 e. The third-order valence-corrected chi connectivity index (χ3v) is 9.40. The minimum Gasteiger partial charge on any atom is -0.327 e. The van der Waals surface area contributed by atoms with Gasteiger partial charge in [0.25, 0.3) is 0 Å². The maximum atomic E-state index is 15.2. The Kier molecular flexibility index (Phi) is 8.09. The maximum Gasteiger partial charge on any atom is 0.126 e. The number of hydrogen-bond acceptors (Lipinski definition) is 2. The Hall–Kier alpha value is -0.930. The van der Waals surface area contributed by atoms with Gasteiger partial charge in [-0.05, 0) is 137 Å². The summed E-state index contributed by atoms with van der Waals surface area (Å²) in [6, 6.07) is 7.34. The molecular formula is C28H45FN2. The van der Waals surface area contributed by atoms with Crippen LogP contribution in [0.25, 0.3) is 0 Å². The number of hydrogen-bond donors (Lipinski definition) is 2. The number of benzene rings is 1. The minimum absolute atomic E-state index is 0.0582. The van der Waals surface area contributed by atoms with E-state index in [2.05, 4.69) is 31.4 Å². The van der Waals surface area contributed by atoms with E-state index >= 15 is 4.39 Å². The van der Waals surface area contributed by atoms with Gasteiger partial charge in [0.05, 0.1) is 0 Å². The van der Waals surface area contributed by atoms with Crippen molar-refractivity contribution in [2.75, 3.05) is 7.05 Å². The summed E-state index contributed by atoms with van der Waals surface area (Å²) in [5, 5.41) is 3.45. The molecule has 1 aromatic rings. The second-order valence-corrected chi connectivity index (χ2v) is 11.0. The van der Waals surface area contributed by atoms with Crippen LogP contribution in [-0.4, -0.2) is 19.1 Å². The first-order valence-corrected chi connectivity index (χ1v) is 13.3. The van der Waals surface area contributed by atoms with Gasteiger partial charge in [-0.1, -0.05) is 19.1 Å². The molecule has 4 rings (SSSR count). The van der Waals surface area contributed by atoms with E-state index in [1.165, 1.54) is 69.8 Å². The molecule has 1 unspecified atom stereocenters. The van der Waals surface area contributed by atoms with Crippen molar-refractivity contribution in [3.63, 3.8) is 0 Å². The van der Waals surface area contributed by atoms with Crippen molar-refractivity contribution in [3.05, 3.63) is 35.1 Å². The van der Waals surface area contributed by atoms with Gasteiger partial charge in [-0.15, -0.1) is 0 Å². The van der Waals surface area contributed by atoms with E-state index in [4.69, 9.17) is 5.73 Å². The molecule has 2 nitrogen and oxygen atoms in total. The molecule has 3 N–H and O–H groups in total. The third kappa shape index (κ3) is 5.53. The second-order valence-electron chi connectivity index (χ2n) is 11.0. The van der Waals surface area contributed by atoms with Crippen LogP contribution in [-0.2, 0) is 0 Å². The van der Waals surface area contributed by atoms with Crippen molar-refractivity contribution in [2.45, 2.75) is 114 Å². The van der Waals surface area contributed by atoms with E-state index in [0.29, 0.717) is 23.8 Å². The fraction of sp³-hybridized carbons (Fsp3) is 0.786. The quantitative estimate of drug-likeness (QED) is 0.518. The molecule has 0 aromatic heterocycles. The van der Waals surface area contributed by atoms with Crippen molar-refractivity contribution in [1.29, 1.82) is 0 Å². The molecule has 1 aromatic carbocycles. The average Bonchev–Trinajstić information content (AvgIpc) is 2.84. The van der Waals surface area contributed by atoms with Crippen molar-refractivity contribution < 1.29 is 4.39 Å². The van der Waals surface area contributed by atoms with Crippen LogP contribution in [0.2, 0.25) is 0 Å². The number of nitrogens with two attached hydrogens (primary N) is 1. The highest BCUT2D eigenvalue weighted by Gasteiger charge is 2.32. The Labute approximate surface area is 189 Å². The van der Waals surface area contributed by atoms with Crippen molar-refractivity contribution >= 4 is 0 Å². The highest BCUT2D eigenvalue weighted by molar-refractivity contribution is 5.30. The van der Waals surface area contributed by atoms with E-state index in [1.54, 1.807) is 0 Å². The van der Waals surface area contributed by atoms with Gasteiger partial charge in [0, 0.05) is 12.1 Å². The molecule has 3 fully saturated rings. The van der Waals surface area contributed by atoms with Crippen LogP contribution < -0.4 is 11.1 Å². The summed E-state index contributed by atoms with van der Waals surface area (Å²) < 4.78 is 15.2. The lowest BCUT2D eigenvalue weighted by molar-refractivity contribution is 0.170. The molecule has 3 heteroatoms. The Morgan fingerprint density at radius 3 is 2.00 bits per heavy atom. The molecule has 3 aliphatic carbocycles. The molecule has 0 spiro atoms. The predicted octanol–water partition coefficient (Wildman–Crippen LogP) is 6.89. The highest BCUT2D eigenvalue weighted by atomic mass is 19.1. The van der Waals surface area contributed by atoms with Gasteiger partial charge >= 0.3 is 0 Å². The topological polar surface area (TPSA) is 38.0 Å². The summed E-state index contributed by atoms with van der Waals surface area (Å²) in [5.41, 5.74) is 8.48. The molecule has 0 saturated heterocycles. The summed E-state index contributed by atoms with van der Waals surface area (Å²) in [4.78, 5) is 0. The summed E-state index contributed by atoms with van der Waals surface area (Å²) in [6.07, 6.45) is 16.2. The largest absolute Gasteiger partial charge is 0.327 e. The molecule has 3 aliphatic rings. The van der Waals surface area contributed by atoms with Gasteiger partial charge in [-0.3, -0.25) is 0 Å². The Morgan fingerprint density at radius 2 is 1.45 bits per heavy atom. The summed E-state index contributed by atoms with van der Waals surface area (Å²) in [5.74, 6) is 3.45. The van der Waals surface area contributed by atoms with Crippen LogP contribution in [0.4, 0.5) is 4.39 Å². The van der Waals surface area contributed by atoms with Gasteiger partial charge in [-0.25, -0.2) is 4.39 Å². The highest BCUT2D eigenvalue weighted by Crippen LogP contribution is 2.44. The number of rotatable bonds is 6. The zero-order valence-corrected chi connectivity index (χ0v) is 19.9. The maximum absolute atomic E-state index is 15.2. The van der Waals surface area contributed by atoms with Gasteiger partial charge in [0.15, 0.2) is 0 Å². The average molecular weight is 429 g/mol. The van der Waals surface area contributed by atoms with Crippen molar-refractivity contribution in [3.8, 4) is 0 Å². The van der Waals surface area contributed by atoms with Gasteiger partial charge in [-0.2, -0.15) is 0 Å². The Morgan fingerprint density at radius 1 is 0.871 bits per heavy atom. The molecule has 0 heterocycles. The lowest BCUT2D eigenvalue weighted by Gasteiger charge is -2.38. The number of nitrogens with one attached hydrogen (secondary N) is 1. The van der Waals surface area contributed by atoms with Gasteiger partial charge < -0.3 is 11.1 Å². The molecule has 0 aliphatic heterocycles. The summed E-state index contributed by atoms with van der Waals surface area (Å²) in [6.45, 7) is 2.19. The fourth-order valence-electron chi connectivity index (χ4n) is 7.12.